The van der Waals surface area contributed by atoms with E-state index in [-0.39, 0.29) is 5.82 Å². The van der Waals surface area contributed by atoms with Crippen molar-refractivity contribution in [2.24, 2.45) is 0 Å². The first-order chi connectivity index (χ1) is 10.1. The number of carboxylic acids is 1. The van der Waals surface area contributed by atoms with Gasteiger partial charge in [0.1, 0.15) is 10.8 Å². The highest BCUT2D eigenvalue weighted by Gasteiger charge is 2.14. The van der Waals surface area contributed by atoms with Crippen molar-refractivity contribution in [3.8, 4) is 0 Å². The number of thiazole rings is 1. The van der Waals surface area contributed by atoms with Crippen molar-refractivity contribution in [2.75, 3.05) is 0 Å². The summed E-state index contributed by atoms with van der Waals surface area (Å²) in [4.78, 5) is 16.3. The number of aliphatic carboxylic acids is 1. The summed E-state index contributed by atoms with van der Waals surface area (Å²) in [7, 11) is 0. The summed E-state index contributed by atoms with van der Waals surface area (Å²) in [5.74, 6) is -1.37. The predicted octanol–water partition coefficient (Wildman–Crippen LogP) is 3.78. The monoisotopic (exact) mass is 320 g/mol. The van der Waals surface area contributed by atoms with E-state index in [9.17, 15) is 9.18 Å². The molecule has 1 aromatic carbocycles. The van der Waals surface area contributed by atoms with E-state index < -0.39 is 5.97 Å². The van der Waals surface area contributed by atoms with Gasteiger partial charge in [0.2, 0.25) is 0 Å². The van der Waals surface area contributed by atoms with Gasteiger partial charge in [0.25, 0.3) is 0 Å². The number of carboxylic acid groups (broad SMARTS) is 1. The van der Waals surface area contributed by atoms with E-state index in [1.165, 1.54) is 35.2 Å². The lowest BCUT2D eigenvalue weighted by atomic mass is 10.3. The van der Waals surface area contributed by atoms with Crippen molar-refractivity contribution in [1.82, 2.24) is 9.38 Å². The van der Waals surface area contributed by atoms with Crippen LogP contribution in [0.5, 0.6) is 0 Å². The third-order valence-electron chi connectivity index (χ3n) is 2.69. The van der Waals surface area contributed by atoms with E-state index in [0.29, 0.717) is 15.6 Å². The Morgan fingerprint density at radius 1 is 1.43 bits per heavy atom. The molecule has 21 heavy (non-hydrogen) atoms. The molecule has 0 aliphatic rings. The maximum Gasteiger partial charge on any atom is 0.328 e. The largest absolute Gasteiger partial charge is 0.478 e. The van der Waals surface area contributed by atoms with E-state index in [4.69, 9.17) is 5.11 Å². The molecule has 7 heteroatoms. The zero-order valence-corrected chi connectivity index (χ0v) is 12.2. The quantitative estimate of drug-likeness (QED) is 0.743. The summed E-state index contributed by atoms with van der Waals surface area (Å²) >= 11 is 2.61. The highest BCUT2D eigenvalue weighted by atomic mass is 32.2. The van der Waals surface area contributed by atoms with Crippen LogP contribution >= 0.6 is 23.1 Å². The molecule has 0 aliphatic carbocycles. The van der Waals surface area contributed by atoms with Crippen molar-refractivity contribution in [2.45, 2.75) is 9.92 Å². The first kappa shape index (κ1) is 13.8. The normalized spacial score (nSPS) is 11.5. The van der Waals surface area contributed by atoms with E-state index >= 15 is 0 Å². The van der Waals surface area contributed by atoms with Gasteiger partial charge >= 0.3 is 5.97 Å². The van der Waals surface area contributed by atoms with Gasteiger partial charge in [0, 0.05) is 22.5 Å². The van der Waals surface area contributed by atoms with Gasteiger partial charge in [-0.25, -0.2) is 14.2 Å². The van der Waals surface area contributed by atoms with Crippen LogP contribution in [0, 0.1) is 5.82 Å². The highest BCUT2D eigenvalue weighted by Crippen LogP contribution is 2.33. The molecule has 0 saturated heterocycles. The van der Waals surface area contributed by atoms with Crippen molar-refractivity contribution in [1.29, 1.82) is 0 Å². The Hall–Kier alpha value is -2.12. The number of aromatic nitrogens is 2. The number of halogens is 1. The van der Waals surface area contributed by atoms with E-state index in [2.05, 4.69) is 4.98 Å². The Morgan fingerprint density at radius 3 is 3.00 bits per heavy atom. The van der Waals surface area contributed by atoms with Crippen molar-refractivity contribution < 1.29 is 14.3 Å². The Morgan fingerprint density at radius 2 is 2.24 bits per heavy atom. The predicted molar refractivity (Wildman–Crippen MR) is 80.3 cm³/mol. The smallest absolute Gasteiger partial charge is 0.328 e. The van der Waals surface area contributed by atoms with Gasteiger partial charge < -0.3 is 5.11 Å². The second-order valence-corrected chi connectivity index (χ2v) is 5.97. The number of nitrogens with zero attached hydrogens (tertiary/aromatic N) is 2. The summed E-state index contributed by atoms with van der Waals surface area (Å²) in [5.41, 5.74) is 0.627. The zero-order chi connectivity index (χ0) is 14.8. The Kier molecular flexibility index (Phi) is 3.76. The molecular formula is C14H9FN2O2S2. The van der Waals surface area contributed by atoms with E-state index in [1.807, 2.05) is 5.38 Å². The van der Waals surface area contributed by atoms with E-state index in [0.717, 1.165) is 11.0 Å². The van der Waals surface area contributed by atoms with Gasteiger partial charge in [-0.05, 0) is 18.2 Å². The van der Waals surface area contributed by atoms with Gasteiger partial charge in [-0.3, -0.25) is 4.40 Å². The maximum atomic E-state index is 13.7. The van der Waals surface area contributed by atoms with Crippen LogP contribution in [0.3, 0.4) is 0 Å². The van der Waals surface area contributed by atoms with Crippen LogP contribution in [0.1, 0.15) is 5.69 Å². The molecule has 3 aromatic rings. The average molecular weight is 320 g/mol. The highest BCUT2D eigenvalue weighted by molar-refractivity contribution is 7.99. The first-order valence-corrected chi connectivity index (χ1v) is 7.63. The van der Waals surface area contributed by atoms with Crippen molar-refractivity contribution in [3.05, 3.63) is 53.4 Å². The van der Waals surface area contributed by atoms with Crippen LogP contribution in [0.4, 0.5) is 4.39 Å². The Labute approximate surface area is 127 Å². The second kappa shape index (κ2) is 5.71. The fourth-order valence-electron chi connectivity index (χ4n) is 1.79. The van der Waals surface area contributed by atoms with E-state index in [1.54, 1.807) is 28.8 Å². The second-order valence-electron chi connectivity index (χ2n) is 4.06. The molecule has 0 atom stereocenters. The minimum atomic E-state index is -1.04. The molecule has 0 radical (unpaired) electrons. The minimum absolute atomic E-state index is 0.327. The van der Waals surface area contributed by atoms with Gasteiger partial charge in [-0.15, -0.1) is 11.3 Å². The van der Waals surface area contributed by atoms with Gasteiger partial charge in [0.15, 0.2) is 4.96 Å². The van der Waals surface area contributed by atoms with Crippen molar-refractivity contribution in [3.63, 3.8) is 0 Å². The van der Waals surface area contributed by atoms with Crippen LogP contribution < -0.4 is 0 Å². The number of carbonyl (C=O) groups is 1. The molecule has 0 bridgehead atoms. The minimum Gasteiger partial charge on any atom is -0.478 e. The molecule has 0 fully saturated rings. The fraction of sp³-hybridized carbons (Fsp3) is 0. The molecule has 0 amide bonds. The lowest BCUT2D eigenvalue weighted by Gasteiger charge is -2.01. The van der Waals surface area contributed by atoms with Crippen molar-refractivity contribution >= 4 is 40.1 Å². The zero-order valence-electron chi connectivity index (χ0n) is 10.6. The average Bonchev–Trinajstić information content (AvgIpc) is 3.00. The summed E-state index contributed by atoms with van der Waals surface area (Å²) in [6.45, 7) is 0. The Balaban J connectivity index is 2.05. The van der Waals surface area contributed by atoms with Gasteiger partial charge in [0.05, 0.1) is 5.69 Å². The summed E-state index contributed by atoms with van der Waals surface area (Å²) in [6, 6.07) is 6.42. The molecule has 106 valence electrons. The third-order valence-corrected chi connectivity index (χ3v) is 4.49. The molecule has 2 heterocycles. The summed E-state index contributed by atoms with van der Waals surface area (Å²) in [6.07, 6.45) is 4.32. The standard InChI is InChI=1S/C14H9FN2O2S2/c15-9-3-1-2-4-11(9)21-13-10(5-6-12(18)19)17-7-8-20-14(17)16-13/h1-8H,(H,18,19)/b6-5+. The number of fused-ring (bicyclic) bond motifs is 1. The van der Waals surface area contributed by atoms with Gasteiger partial charge in [-0.1, -0.05) is 23.9 Å². The molecule has 0 unspecified atom stereocenters. The molecule has 4 nitrogen and oxygen atoms in total. The van der Waals surface area contributed by atoms with Crippen LogP contribution in [0.2, 0.25) is 0 Å². The lowest BCUT2D eigenvalue weighted by molar-refractivity contribution is -0.131. The van der Waals surface area contributed by atoms with Crippen LogP contribution in [0.25, 0.3) is 11.0 Å². The summed E-state index contributed by atoms with van der Waals surface area (Å²) in [5, 5.41) is 11.2. The molecule has 0 saturated carbocycles. The fourth-order valence-corrected chi connectivity index (χ4v) is 3.49. The molecule has 3 rings (SSSR count). The maximum absolute atomic E-state index is 13.7. The van der Waals surface area contributed by atoms with Crippen LogP contribution in [-0.2, 0) is 4.79 Å². The van der Waals surface area contributed by atoms with Crippen LogP contribution in [-0.4, -0.2) is 20.5 Å². The number of benzene rings is 1. The Bertz CT molecular complexity index is 838. The number of imidazole rings is 1. The first-order valence-electron chi connectivity index (χ1n) is 5.94. The number of rotatable bonds is 4. The third kappa shape index (κ3) is 2.84. The van der Waals surface area contributed by atoms with Crippen LogP contribution in [0.15, 0.2) is 51.8 Å². The molecule has 1 N–H and O–H groups in total. The topological polar surface area (TPSA) is 54.6 Å². The van der Waals surface area contributed by atoms with Gasteiger partial charge in [-0.2, -0.15) is 0 Å². The number of hydrogen-bond acceptors (Lipinski definition) is 4. The molecule has 2 aromatic heterocycles. The number of hydrogen-bond donors (Lipinski definition) is 1. The molecule has 0 spiro atoms. The summed E-state index contributed by atoms with van der Waals surface area (Å²) < 4.78 is 15.5. The molecule has 0 aliphatic heterocycles. The SMILES string of the molecule is O=C(O)/C=C/c1c(Sc2ccccc2F)nc2sccn12. The molecular weight excluding hydrogens is 311 g/mol. The lowest BCUT2D eigenvalue weighted by Crippen LogP contribution is -1.89.